The minimum Gasteiger partial charge on any atom is -0.317 e. The van der Waals surface area contributed by atoms with Crippen LogP contribution in [0.1, 0.15) is 18.2 Å². The zero-order valence-electron chi connectivity index (χ0n) is 11.1. The third-order valence-electron chi connectivity index (χ3n) is 3.47. The highest BCUT2D eigenvalue weighted by Crippen LogP contribution is 2.13. The van der Waals surface area contributed by atoms with Crippen molar-refractivity contribution in [2.75, 3.05) is 0 Å². The van der Waals surface area contributed by atoms with Crippen LogP contribution in [0.15, 0.2) is 53.6 Å². The number of aryl methyl sites for hydroxylation is 2. The number of fused-ring (bicyclic) bond motifs is 1. The van der Waals surface area contributed by atoms with E-state index in [-0.39, 0.29) is 5.56 Å². The molecule has 3 rings (SSSR count). The highest BCUT2D eigenvalue weighted by molar-refractivity contribution is 5.55. The molecular formula is C16H16N2O. The van der Waals surface area contributed by atoms with Crippen molar-refractivity contribution in [3.63, 3.8) is 0 Å². The molecule has 3 aromatic rings. The first-order chi connectivity index (χ1) is 9.22. The van der Waals surface area contributed by atoms with Crippen LogP contribution in [0.25, 0.3) is 11.2 Å². The molecule has 2 heterocycles. The summed E-state index contributed by atoms with van der Waals surface area (Å²) in [5.74, 6) is 0. The van der Waals surface area contributed by atoms with Crippen LogP contribution < -0.4 is 5.56 Å². The fourth-order valence-electron chi connectivity index (χ4n) is 2.50. The van der Waals surface area contributed by atoms with Crippen LogP contribution in [-0.4, -0.2) is 8.97 Å². The SMILES string of the molecule is CCc1cn2ccc(C)c2c(=O)n1-c1ccccc1. The Morgan fingerprint density at radius 1 is 1.11 bits per heavy atom. The minimum absolute atomic E-state index is 0.0491. The molecule has 0 fully saturated rings. The van der Waals surface area contributed by atoms with Gasteiger partial charge in [0, 0.05) is 23.8 Å². The first-order valence-corrected chi connectivity index (χ1v) is 6.50. The predicted molar refractivity (Wildman–Crippen MR) is 77.1 cm³/mol. The maximum atomic E-state index is 12.7. The molecule has 0 aliphatic heterocycles. The molecule has 0 N–H and O–H groups in total. The van der Waals surface area contributed by atoms with Crippen molar-refractivity contribution in [2.24, 2.45) is 0 Å². The molecule has 0 aliphatic rings. The van der Waals surface area contributed by atoms with E-state index in [1.165, 1.54) is 0 Å². The molecular weight excluding hydrogens is 236 g/mol. The lowest BCUT2D eigenvalue weighted by Gasteiger charge is -2.13. The van der Waals surface area contributed by atoms with Crippen LogP contribution in [0, 0.1) is 6.92 Å². The van der Waals surface area contributed by atoms with Gasteiger partial charge in [-0.1, -0.05) is 25.1 Å². The summed E-state index contributed by atoms with van der Waals surface area (Å²) in [4.78, 5) is 12.7. The van der Waals surface area contributed by atoms with E-state index in [1.807, 2.05) is 64.7 Å². The molecule has 0 unspecified atom stereocenters. The monoisotopic (exact) mass is 252 g/mol. The molecule has 2 aromatic heterocycles. The van der Waals surface area contributed by atoms with E-state index in [0.29, 0.717) is 0 Å². The Balaban J connectivity index is 2.43. The van der Waals surface area contributed by atoms with Gasteiger partial charge in [0.05, 0.1) is 0 Å². The van der Waals surface area contributed by atoms with Crippen LogP contribution in [0.4, 0.5) is 0 Å². The highest BCUT2D eigenvalue weighted by atomic mass is 16.1. The van der Waals surface area contributed by atoms with E-state index >= 15 is 0 Å². The Morgan fingerprint density at radius 3 is 2.53 bits per heavy atom. The van der Waals surface area contributed by atoms with Crippen LogP contribution in [-0.2, 0) is 6.42 Å². The van der Waals surface area contributed by atoms with Gasteiger partial charge in [0.25, 0.3) is 5.56 Å². The fourth-order valence-corrected chi connectivity index (χ4v) is 2.50. The molecule has 0 amide bonds. The van der Waals surface area contributed by atoms with Gasteiger partial charge in [-0.05, 0) is 37.1 Å². The summed E-state index contributed by atoms with van der Waals surface area (Å²) < 4.78 is 3.73. The van der Waals surface area contributed by atoms with Crippen molar-refractivity contribution in [1.82, 2.24) is 8.97 Å². The summed E-state index contributed by atoms with van der Waals surface area (Å²) in [7, 11) is 0. The molecule has 0 aliphatic carbocycles. The smallest absolute Gasteiger partial charge is 0.279 e. The van der Waals surface area contributed by atoms with E-state index < -0.39 is 0 Å². The normalized spacial score (nSPS) is 11.1. The van der Waals surface area contributed by atoms with Crippen LogP contribution in [0.5, 0.6) is 0 Å². The van der Waals surface area contributed by atoms with E-state index in [9.17, 15) is 4.79 Å². The molecule has 0 spiro atoms. The predicted octanol–water partition coefficient (Wildman–Crippen LogP) is 2.96. The van der Waals surface area contributed by atoms with Crippen LogP contribution in [0.2, 0.25) is 0 Å². The highest BCUT2D eigenvalue weighted by Gasteiger charge is 2.11. The number of para-hydroxylation sites is 1. The zero-order chi connectivity index (χ0) is 13.4. The van der Waals surface area contributed by atoms with Crippen molar-refractivity contribution in [3.8, 4) is 5.69 Å². The van der Waals surface area contributed by atoms with Crippen LogP contribution in [0.3, 0.4) is 0 Å². The van der Waals surface area contributed by atoms with Crippen molar-refractivity contribution in [2.45, 2.75) is 20.3 Å². The Labute approximate surface area is 111 Å². The number of aromatic nitrogens is 2. The molecule has 96 valence electrons. The molecule has 0 saturated heterocycles. The summed E-state index contributed by atoms with van der Waals surface area (Å²) in [5.41, 5.74) is 3.75. The van der Waals surface area contributed by atoms with Crippen molar-refractivity contribution >= 4 is 5.52 Å². The second-order valence-electron chi connectivity index (χ2n) is 4.70. The van der Waals surface area contributed by atoms with E-state index in [1.54, 1.807) is 0 Å². The minimum atomic E-state index is 0.0491. The third-order valence-corrected chi connectivity index (χ3v) is 3.47. The summed E-state index contributed by atoms with van der Waals surface area (Å²) in [6.07, 6.45) is 4.80. The van der Waals surface area contributed by atoms with Crippen LogP contribution >= 0.6 is 0 Å². The lowest BCUT2D eigenvalue weighted by atomic mass is 10.2. The second-order valence-corrected chi connectivity index (χ2v) is 4.70. The molecule has 3 heteroatoms. The van der Waals surface area contributed by atoms with Crippen molar-refractivity contribution in [1.29, 1.82) is 0 Å². The molecule has 0 bridgehead atoms. The Morgan fingerprint density at radius 2 is 1.84 bits per heavy atom. The Bertz CT molecular complexity index is 782. The standard InChI is InChI=1S/C16H16N2O/c1-3-13-11-17-10-9-12(2)15(17)16(19)18(13)14-7-5-4-6-8-14/h4-11H,3H2,1-2H3. The summed E-state index contributed by atoms with van der Waals surface area (Å²) in [5, 5.41) is 0. The maximum Gasteiger partial charge on any atom is 0.279 e. The zero-order valence-corrected chi connectivity index (χ0v) is 11.1. The number of benzene rings is 1. The number of hydrogen-bond acceptors (Lipinski definition) is 1. The van der Waals surface area contributed by atoms with E-state index in [4.69, 9.17) is 0 Å². The van der Waals surface area contributed by atoms with Gasteiger partial charge in [-0.3, -0.25) is 9.36 Å². The lowest BCUT2D eigenvalue weighted by molar-refractivity contribution is 0.851. The summed E-state index contributed by atoms with van der Waals surface area (Å²) >= 11 is 0. The van der Waals surface area contributed by atoms with Gasteiger partial charge in [0.2, 0.25) is 0 Å². The largest absolute Gasteiger partial charge is 0.317 e. The average molecular weight is 252 g/mol. The second kappa shape index (κ2) is 4.43. The molecule has 19 heavy (non-hydrogen) atoms. The Kier molecular flexibility index (Phi) is 2.75. The first kappa shape index (κ1) is 11.8. The average Bonchev–Trinajstić information content (AvgIpc) is 2.81. The molecule has 0 radical (unpaired) electrons. The van der Waals surface area contributed by atoms with Gasteiger partial charge >= 0.3 is 0 Å². The molecule has 1 aromatic carbocycles. The van der Waals surface area contributed by atoms with Gasteiger partial charge in [-0.15, -0.1) is 0 Å². The molecule has 3 nitrogen and oxygen atoms in total. The van der Waals surface area contributed by atoms with Gasteiger partial charge in [0.1, 0.15) is 5.52 Å². The van der Waals surface area contributed by atoms with Gasteiger partial charge in [-0.2, -0.15) is 0 Å². The number of hydrogen-bond donors (Lipinski definition) is 0. The first-order valence-electron chi connectivity index (χ1n) is 6.50. The molecule has 0 atom stereocenters. The van der Waals surface area contributed by atoms with Crippen molar-refractivity contribution < 1.29 is 0 Å². The topological polar surface area (TPSA) is 26.4 Å². The number of nitrogens with zero attached hydrogens (tertiary/aromatic N) is 2. The quantitative estimate of drug-likeness (QED) is 0.688. The third kappa shape index (κ3) is 1.78. The number of rotatable bonds is 2. The van der Waals surface area contributed by atoms with Gasteiger partial charge in [-0.25, -0.2) is 0 Å². The molecule has 0 saturated carbocycles. The van der Waals surface area contributed by atoms with Gasteiger partial charge in [0.15, 0.2) is 0 Å². The van der Waals surface area contributed by atoms with E-state index in [0.717, 1.165) is 28.9 Å². The summed E-state index contributed by atoms with van der Waals surface area (Å²) in [6, 6.07) is 11.8. The lowest BCUT2D eigenvalue weighted by Crippen LogP contribution is -2.24. The van der Waals surface area contributed by atoms with Gasteiger partial charge < -0.3 is 4.40 Å². The Hall–Kier alpha value is -2.29. The fraction of sp³-hybridized carbons (Fsp3) is 0.188. The van der Waals surface area contributed by atoms with E-state index in [2.05, 4.69) is 6.92 Å². The maximum absolute atomic E-state index is 12.7. The van der Waals surface area contributed by atoms with Crippen molar-refractivity contribution in [3.05, 3.63) is 70.4 Å². The summed E-state index contributed by atoms with van der Waals surface area (Å²) in [6.45, 7) is 4.04.